The Morgan fingerprint density at radius 2 is 2.27 bits per heavy atom. The molecule has 0 aliphatic carbocycles. The quantitative estimate of drug-likeness (QED) is 0.588. The molecule has 0 saturated heterocycles. The smallest absolute Gasteiger partial charge is 0.0715 e. The topological polar surface area (TPSA) is 40.1 Å². The maximum Gasteiger partial charge on any atom is 0.0715 e. The van der Waals surface area contributed by atoms with Crippen molar-refractivity contribution in [3.8, 4) is 0 Å². The van der Waals surface area contributed by atoms with E-state index in [4.69, 9.17) is 0 Å². The van der Waals surface area contributed by atoms with Crippen LogP contribution in [0, 0.1) is 0 Å². The normalized spacial score (nSPS) is 9.55. The van der Waals surface area contributed by atoms with Gasteiger partial charge >= 0.3 is 0 Å². The van der Waals surface area contributed by atoms with E-state index in [0.717, 1.165) is 9.99 Å². The predicted molar refractivity (Wildman–Crippen MR) is 48.5 cm³/mol. The predicted octanol–water partition coefficient (Wildman–Crippen LogP) is 0.985. The lowest BCUT2D eigenvalue weighted by atomic mass is 10.1. The van der Waals surface area contributed by atoms with Gasteiger partial charge in [-0.1, -0.05) is 40.8 Å². The van der Waals surface area contributed by atoms with E-state index >= 15 is 0 Å². The van der Waals surface area contributed by atoms with Crippen molar-refractivity contribution >= 4 is 28.6 Å². The molecule has 1 aromatic carbocycles. The molecule has 0 unspecified atom stereocenters. The van der Waals surface area contributed by atoms with Crippen LogP contribution in [0.2, 0.25) is 0 Å². The first-order valence-corrected chi connectivity index (χ1v) is 4.63. The average Bonchev–Trinajstić information content (AvgIpc) is 2.05. The van der Waals surface area contributed by atoms with Crippen molar-refractivity contribution in [3.63, 3.8) is 0 Å². The van der Waals surface area contributed by atoms with Crippen LogP contribution in [0.25, 0.3) is 0 Å². The van der Waals surface area contributed by atoms with Gasteiger partial charge in [-0.15, -0.1) is 0 Å². The number of carbonyl (C=O) groups is 1. The molecule has 0 radical (unpaired) electrons. The van der Waals surface area contributed by atoms with Crippen LogP contribution in [-0.2, 0) is 4.43 Å². The summed E-state index contributed by atoms with van der Waals surface area (Å²) in [7, 11) is 0. The Kier molecular flexibility index (Phi) is 2.87. The number of hydrogen-bond donors (Lipinski definition) is 0. The molecule has 2 nitrogen and oxygen atoms in total. The van der Waals surface area contributed by atoms with Crippen molar-refractivity contribution in [2.45, 2.75) is 4.43 Å². The van der Waals surface area contributed by atoms with Crippen LogP contribution in [-0.4, -0.2) is 5.97 Å². The molecule has 3 heteroatoms. The first kappa shape index (κ1) is 8.52. The molecule has 0 amide bonds. The number of rotatable bonds is 2. The largest absolute Gasteiger partial charge is 0.545 e. The minimum atomic E-state index is -1.11. The highest BCUT2D eigenvalue weighted by molar-refractivity contribution is 14.1. The number of carboxylic acids is 1. The summed E-state index contributed by atoms with van der Waals surface area (Å²) >= 11 is 2.18. The SMILES string of the molecule is O=C([O-])c1cccc(CI)c1. The second-order valence-corrected chi connectivity index (χ2v) is 2.88. The molecule has 0 heterocycles. The van der Waals surface area contributed by atoms with Gasteiger partial charge in [0.2, 0.25) is 0 Å². The highest BCUT2D eigenvalue weighted by atomic mass is 127. The third-order valence-electron chi connectivity index (χ3n) is 1.32. The second-order valence-electron chi connectivity index (χ2n) is 2.12. The molecule has 1 aromatic rings. The van der Waals surface area contributed by atoms with Crippen molar-refractivity contribution in [3.05, 3.63) is 35.4 Å². The van der Waals surface area contributed by atoms with Crippen molar-refractivity contribution in [1.82, 2.24) is 0 Å². The molecular formula is C8H6IO2-. The molecule has 11 heavy (non-hydrogen) atoms. The molecule has 0 atom stereocenters. The Hall–Kier alpha value is -0.580. The summed E-state index contributed by atoms with van der Waals surface area (Å²) in [5.74, 6) is -1.11. The van der Waals surface area contributed by atoms with Gasteiger partial charge in [0.25, 0.3) is 0 Å². The Morgan fingerprint density at radius 1 is 1.55 bits per heavy atom. The molecule has 0 spiro atoms. The van der Waals surface area contributed by atoms with Crippen molar-refractivity contribution in [2.24, 2.45) is 0 Å². The minimum Gasteiger partial charge on any atom is -0.545 e. The van der Waals surface area contributed by atoms with Gasteiger partial charge in [0.1, 0.15) is 0 Å². The Balaban J connectivity index is 3.01. The summed E-state index contributed by atoms with van der Waals surface area (Å²) in [5, 5.41) is 10.4. The van der Waals surface area contributed by atoms with Gasteiger partial charge in [-0.2, -0.15) is 0 Å². The van der Waals surface area contributed by atoms with Crippen LogP contribution in [0.15, 0.2) is 24.3 Å². The Bertz CT molecular complexity index is 271. The number of hydrogen-bond acceptors (Lipinski definition) is 2. The number of benzene rings is 1. The summed E-state index contributed by atoms with van der Waals surface area (Å²) in [6, 6.07) is 6.77. The average molecular weight is 261 g/mol. The summed E-state index contributed by atoms with van der Waals surface area (Å²) in [5.41, 5.74) is 1.26. The molecular weight excluding hydrogens is 255 g/mol. The van der Waals surface area contributed by atoms with Gasteiger partial charge < -0.3 is 9.90 Å². The van der Waals surface area contributed by atoms with Crippen LogP contribution in [0.3, 0.4) is 0 Å². The highest BCUT2D eigenvalue weighted by Crippen LogP contribution is 2.07. The zero-order chi connectivity index (χ0) is 8.27. The molecule has 0 aromatic heterocycles. The molecule has 0 fully saturated rings. The summed E-state index contributed by atoms with van der Waals surface area (Å²) in [6.45, 7) is 0. The van der Waals surface area contributed by atoms with E-state index in [0.29, 0.717) is 0 Å². The summed E-state index contributed by atoms with van der Waals surface area (Å²) in [4.78, 5) is 10.4. The third-order valence-corrected chi connectivity index (χ3v) is 2.20. The number of halogens is 1. The van der Waals surface area contributed by atoms with E-state index in [-0.39, 0.29) is 5.56 Å². The van der Waals surface area contributed by atoms with Crippen LogP contribution >= 0.6 is 22.6 Å². The third kappa shape index (κ3) is 2.18. The van der Waals surface area contributed by atoms with Gasteiger partial charge in [0.05, 0.1) is 5.97 Å². The maximum atomic E-state index is 10.4. The van der Waals surface area contributed by atoms with E-state index in [9.17, 15) is 9.90 Å². The monoisotopic (exact) mass is 261 g/mol. The van der Waals surface area contributed by atoms with Gasteiger partial charge in [-0.25, -0.2) is 0 Å². The molecule has 0 bridgehead atoms. The Morgan fingerprint density at radius 3 is 2.82 bits per heavy atom. The number of carboxylic acid groups (broad SMARTS) is 1. The minimum absolute atomic E-state index is 0.249. The molecule has 0 N–H and O–H groups in total. The van der Waals surface area contributed by atoms with Crippen LogP contribution in [0.1, 0.15) is 15.9 Å². The zero-order valence-corrected chi connectivity index (χ0v) is 7.87. The first-order chi connectivity index (χ1) is 5.24. The molecule has 0 aliphatic heterocycles. The molecule has 1 rings (SSSR count). The van der Waals surface area contributed by atoms with Crippen molar-refractivity contribution < 1.29 is 9.90 Å². The van der Waals surface area contributed by atoms with Gasteiger partial charge in [0, 0.05) is 4.43 Å². The van der Waals surface area contributed by atoms with Gasteiger partial charge in [-0.3, -0.25) is 0 Å². The van der Waals surface area contributed by atoms with E-state index in [1.807, 2.05) is 6.07 Å². The standard InChI is InChI=1S/C8H7IO2/c9-5-6-2-1-3-7(4-6)8(10)11/h1-4H,5H2,(H,10,11)/p-1. The van der Waals surface area contributed by atoms with Crippen LogP contribution < -0.4 is 5.11 Å². The fourth-order valence-electron chi connectivity index (χ4n) is 0.781. The number of alkyl halides is 1. The maximum absolute atomic E-state index is 10.4. The summed E-state index contributed by atoms with van der Waals surface area (Å²) < 4.78 is 0.818. The van der Waals surface area contributed by atoms with E-state index in [2.05, 4.69) is 22.6 Å². The highest BCUT2D eigenvalue weighted by Gasteiger charge is 1.93. The first-order valence-electron chi connectivity index (χ1n) is 3.10. The zero-order valence-electron chi connectivity index (χ0n) is 5.71. The lowest BCUT2D eigenvalue weighted by Gasteiger charge is -2.02. The molecule has 0 aliphatic rings. The number of carbonyl (C=O) groups excluding carboxylic acids is 1. The van der Waals surface area contributed by atoms with E-state index in [1.54, 1.807) is 12.1 Å². The van der Waals surface area contributed by atoms with Crippen molar-refractivity contribution in [1.29, 1.82) is 0 Å². The number of aromatic carboxylic acids is 1. The molecule has 58 valence electrons. The fraction of sp³-hybridized carbons (Fsp3) is 0.125. The second kappa shape index (κ2) is 3.71. The fourth-order valence-corrected chi connectivity index (χ4v) is 1.26. The van der Waals surface area contributed by atoms with Crippen molar-refractivity contribution in [2.75, 3.05) is 0 Å². The van der Waals surface area contributed by atoms with E-state index < -0.39 is 5.97 Å². The van der Waals surface area contributed by atoms with Gasteiger partial charge in [0.15, 0.2) is 0 Å². The summed E-state index contributed by atoms with van der Waals surface area (Å²) in [6.07, 6.45) is 0. The van der Waals surface area contributed by atoms with Crippen LogP contribution in [0.5, 0.6) is 0 Å². The van der Waals surface area contributed by atoms with Gasteiger partial charge in [-0.05, 0) is 17.2 Å². The lowest BCUT2D eigenvalue weighted by molar-refractivity contribution is -0.255. The Labute approximate surface area is 78.4 Å². The lowest BCUT2D eigenvalue weighted by Crippen LogP contribution is -2.22. The molecule has 0 saturated carbocycles. The van der Waals surface area contributed by atoms with Crippen LogP contribution in [0.4, 0.5) is 0 Å². The van der Waals surface area contributed by atoms with E-state index in [1.165, 1.54) is 6.07 Å².